The summed E-state index contributed by atoms with van der Waals surface area (Å²) in [5.74, 6) is -0.0782. The lowest BCUT2D eigenvalue weighted by Crippen LogP contribution is -2.30. The number of aliphatic carboxylic acids is 1. The second-order valence-electron chi connectivity index (χ2n) is 7.38. The summed E-state index contributed by atoms with van der Waals surface area (Å²) in [6.45, 7) is 7.49. The molecular weight excluding hydrogens is 440 g/mol. The van der Waals surface area contributed by atoms with E-state index in [1.807, 2.05) is 13.8 Å². The second-order valence-corrected chi connectivity index (χ2v) is 8.37. The Balaban J connectivity index is 0.00000187. The van der Waals surface area contributed by atoms with Crippen molar-refractivity contribution in [1.82, 2.24) is 15.2 Å². The van der Waals surface area contributed by atoms with E-state index in [0.29, 0.717) is 5.01 Å². The first-order valence-electron chi connectivity index (χ1n) is 11.4. The van der Waals surface area contributed by atoms with Gasteiger partial charge < -0.3 is 14.7 Å². The van der Waals surface area contributed by atoms with Gasteiger partial charge in [-0.15, -0.1) is 10.2 Å². The molecule has 0 radical (unpaired) electrons. The minimum Gasteiger partial charge on any atom is -0.490 e. The van der Waals surface area contributed by atoms with Crippen molar-refractivity contribution in [2.75, 3.05) is 24.5 Å². The normalized spacial score (nSPS) is 17.1. The highest BCUT2D eigenvalue weighted by Gasteiger charge is 2.20. The summed E-state index contributed by atoms with van der Waals surface area (Å²) in [5, 5.41) is 30.8. The molecule has 0 amide bonds. The highest BCUT2D eigenvalue weighted by Crippen LogP contribution is 2.26. The number of carboxylic acids is 1. The van der Waals surface area contributed by atoms with Crippen molar-refractivity contribution in [2.24, 2.45) is 5.10 Å². The van der Waals surface area contributed by atoms with Gasteiger partial charge in [0, 0.05) is 13.1 Å². The van der Waals surface area contributed by atoms with E-state index in [4.69, 9.17) is 15.3 Å². The Morgan fingerprint density at radius 2 is 2.09 bits per heavy atom. The number of aromatic nitrogens is 2. The number of hydrogen-bond acceptors (Lipinski definition) is 8. The van der Waals surface area contributed by atoms with Gasteiger partial charge in [-0.1, -0.05) is 43.4 Å². The summed E-state index contributed by atoms with van der Waals surface area (Å²) < 4.78 is 6.31. The molecule has 0 saturated carbocycles. The molecule has 1 aliphatic carbocycles. The van der Waals surface area contributed by atoms with Crippen LogP contribution in [0.15, 0.2) is 40.7 Å². The van der Waals surface area contributed by atoms with Gasteiger partial charge in [0.05, 0.1) is 12.3 Å². The number of hydrazone groups is 1. The molecule has 0 unspecified atom stereocenters. The molecule has 3 rings (SSSR count). The monoisotopic (exact) mass is 474 g/mol. The van der Waals surface area contributed by atoms with Gasteiger partial charge in [0.15, 0.2) is 5.01 Å². The topological polar surface area (TPSA) is 115 Å². The lowest BCUT2D eigenvalue weighted by Gasteiger charge is -2.28. The summed E-state index contributed by atoms with van der Waals surface area (Å²) >= 11 is 1.41. The van der Waals surface area contributed by atoms with Gasteiger partial charge in [-0.3, -0.25) is 10.2 Å². The van der Waals surface area contributed by atoms with E-state index in [-0.39, 0.29) is 12.6 Å². The summed E-state index contributed by atoms with van der Waals surface area (Å²) in [7, 11) is 0. The van der Waals surface area contributed by atoms with Crippen LogP contribution >= 0.6 is 11.3 Å². The fourth-order valence-electron chi connectivity index (χ4n) is 3.40. The van der Waals surface area contributed by atoms with Gasteiger partial charge in [0.2, 0.25) is 5.13 Å². The number of carbonyl (C=O) groups is 1. The second kappa shape index (κ2) is 14.2. The van der Waals surface area contributed by atoms with E-state index >= 15 is 0 Å². The molecule has 180 valence electrons. The smallest absolute Gasteiger partial charge is 0.325 e. The van der Waals surface area contributed by atoms with Gasteiger partial charge in [-0.2, -0.15) is 5.10 Å². The number of ether oxygens (including phenoxy) is 1. The SMILES string of the molecule is CC.CC1=CCC=CC=C1OC1CCCN(c2nnc(/C=N/N(C=N)CC(=O)O)s2)CCC1. The van der Waals surface area contributed by atoms with Crippen molar-refractivity contribution in [3.8, 4) is 0 Å². The molecule has 2 N–H and O–H groups in total. The Morgan fingerprint density at radius 3 is 2.76 bits per heavy atom. The van der Waals surface area contributed by atoms with Crippen LogP contribution in [0, 0.1) is 5.41 Å². The Hall–Kier alpha value is -3.01. The van der Waals surface area contributed by atoms with E-state index in [2.05, 4.69) is 51.4 Å². The Bertz CT molecular complexity index is 883. The molecule has 2 aliphatic rings. The lowest BCUT2D eigenvalue weighted by molar-refractivity contribution is -0.137. The average molecular weight is 475 g/mol. The van der Waals surface area contributed by atoms with Gasteiger partial charge in [-0.25, -0.2) is 5.01 Å². The highest BCUT2D eigenvalue weighted by atomic mass is 32.1. The van der Waals surface area contributed by atoms with Crippen LogP contribution in [-0.4, -0.2) is 64.6 Å². The van der Waals surface area contributed by atoms with Crippen molar-refractivity contribution in [3.05, 3.63) is 40.6 Å². The van der Waals surface area contributed by atoms with E-state index in [9.17, 15) is 4.79 Å². The van der Waals surface area contributed by atoms with Crippen molar-refractivity contribution in [3.63, 3.8) is 0 Å². The molecule has 1 aliphatic heterocycles. The van der Waals surface area contributed by atoms with E-state index < -0.39 is 5.97 Å². The molecule has 0 spiro atoms. The van der Waals surface area contributed by atoms with Crippen LogP contribution in [0.4, 0.5) is 5.13 Å². The van der Waals surface area contributed by atoms with Crippen LogP contribution in [0.2, 0.25) is 0 Å². The van der Waals surface area contributed by atoms with Gasteiger partial charge >= 0.3 is 5.97 Å². The van der Waals surface area contributed by atoms with Gasteiger partial charge in [0.25, 0.3) is 0 Å². The quantitative estimate of drug-likeness (QED) is 0.325. The van der Waals surface area contributed by atoms with E-state index in [1.54, 1.807) is 0 Å². The number of anilines is 1. The fraction of sp³-hybridized carbons (Fsp3) is 0.522. The molecule has 1 saturated heterocycles. The minimum atomic E-state index is -1.06. The molecule has 9 nitrogen and oxygen atoms in total. The maximum absolute atomic E-state index is 10.7. The van der Waals surface area contributed by atoms with Crippen LogP contribution in [0.25, 0.3) is 0 Å². The van der Waals surface area contributed by atoms with Crippen LogP contribution in [-0.2, 0) is 9.53 Å². The molecule has 1 aromatic rings. The third-order valence-corrected chi connectivity index (χ3v) is 5.92. The van der Waals surface area contributed by atoms with Crippen molar-refractivity contribution >= 4 is 35.0 Å². The predicted molar refractivity (Wildman–Crippen MR) is 133 cm³/mol. The Kier molecular flexibility index (Phi) is 11.3. The third kappa shape index (κ3) is 8.80. The zero-order chi connectivity index (χ0) is 24.1. The summed E-state index contributed by atoms with van der Waals surface area (Å²) in [5.41, 5.74) is 1.20. The first kappa shape index (κ1) is 26.2. The number of allylic oxidation sites excluding steroid dienone is 5. The van der Waals surface area contributed by atoms with Crippen LogP contribution in [0.3, 0.4) is 0 Å². The molecule has 1 aromatic heterocycles. The summed E-state index contributed by atoms with van der Waals surface area (Å²) in [6.07, 6.45) is 15.9. The maximum Gasteiger partial charge on any atom is 0.325 e. The zero-order valence-electron chi connectivity index (χ0n) is 19.6. The standard InChI is InChI=1S/C21H28N6O3S.C2H6/c1-16-7-3-2-4-10-18(16)30-17-8-5-11-26(12-6-9-17)21-25-24-19(31-21)13-23-27(15-22)14-20(28)29;1-2/h2,4,7,10,13,15,17,22H,3,5-6,8-9,11-12,14H2,1H3,(H,28,29);1-2H3/b22-15?,23-13+;. The van der Waals surface area contributed by atoms with Crippen LogP contribution in [0.1, 0.15) is 57.9 Å². The third-order valence-electron chi connectivity index (χ3n) is 5.00. The number of rotatable bonds is 8. The highest BCUT2D eigenvalue weighted by molar-refractivity contribution is 7.16. The van der Waals surface area contributed by atoms with E-state index in [1.165, 1.54) is 23.1 Å². The maximum atomic E-state index is 10.7. The fourth-order valence-corrected chi connectivity index (χ4v) is 4.16. The molecule has 0 atom stereocenters. The Morgan fingerprint density at radius 1 is 1.36 bits per heavy atom. The number of hydrogen-bond donors (Lipinski definition) is 2. The first-order chi connectivity index (χ1) is 16.0. The first-order valence-corrected chi connectivity index (χ1v) is 12.2. The molecule has 1 fully saturated rings. The molecule has 33 heavy (non-hydrogen) atoms. The van der Waals surface area contributed by atoms with Crippen molar-refractivity contribution in [2.45, 2.75) is 59.0 Å². The van der Waals surface area contributed by atoms with E-state index in [0.717, 1.165) is 67.4 Å². The lowest BCUT2D eigenvalue weighted by atomic mass is 10.1. The number of carboxylic acid groups (broad SMARTS) is 1. The number of nitrogens with one attached hydrogen (secondary N) is 1. The van der Waals surface area contributed by atoms with Gasteiger partial charge in [0.1, 0.15) is 18.6 Å². The average Bonchev–Trinajstić information content (AvgIpc) is 3.17. The van der Waals surface area contributed by atoms with Crippen molar-refractivity contribution < 1.29 is 14.6 Å². The van der Waals surface area contributed by atoms with Gasteiger partial charge in [-0.05, 0) is 50.7 Å². The van der Waals surface area contributed by atoms with Crippen molar-refractivity contribution in [1.29, 1.82) is 5.41 Å². The minimum absolute atomic E-state index is 0.224. The van der Waals surface area contributed by atoms with Crippen LogP contribution < -0.4 is 4.90 Å². The molecule has 0 aromatic carbocycles. The summed E-state index contributed by atoms with van der Waals surface area (Å²) in [6, 6.07) is 0. The summed E-state index contributed by atoms with van der Waals surface area (Å²) in [4.78, 5) is 13.0. The largest absolute Gasteiger partial charge is 0.490 e. The molecule has 10 heteroatoms. The molecule has 0 bridgehead atoms. The number of nitrogens with zero attached hydrogens (tertiary/aromatic N) is 5. The predicted octanol–water partition coefficient (Wildman–Crippen LogP) is 4.45. The Labute approximate surface area is 199 Å². The van der Waals surface area contributed by atoms with Crippen LogP contribution in [0.5, 0.6) is 0 Å². The molecular formula is C23H34N6O3S. The molecule has 2 heterocycles. The zero-order valence-corrected chi connectivity index (χ0v) is 20.4.